The third kappa shape index (κ3) is 3.05. The molecule has 1 aliphatic heterocycles. The number of nitrogens with one attached hydrogen (secondary N) is 1. The van der Waals surface area contributed by atoms with Crippen LogP contribution in [0.5, 0.6) is 0 Å². The van der Waals surface area contributed by atoms with E-state index in [0.29, 0.717) is 44.1 Å². The second-order valence-electron chi connectivity index (χ2n) is 4.42. The summed E-state index contributed by atoms with van der Waals surface area (Å²) in [4.78, 5) is 24.5. The number of hydrogen-bond acceptors (Lipinski definition) is 5. The van der Waals surface area contributed by atoms with E-state index >= 15 is 0 Å². The molecular formula is C13H17N3O4. The third-order valence-electron chi connectivity index (χ3n) is 3.12. The monoisotopic (exact) mass is 279 g/mol. The van der Waals surface area contributed by atoms with E-state index < -0.39 is 4.92 Å². The molecule has 0 unspecified atom stereocenters. The summed E-state index contributed by atoms with van der Waals surface area (Å²) >= 11 is 0. The summed E-state index contributed by atoms with van der Waals surface area (Å²) in [6.45, 7) is 4.81. The molecule has 1 saturated heterocycles. The minimum atomic E-state index is -0.494. The van der Waals surface area contributed by atoms with E-state index in [2.05, 4.69) is 5.32 Å². The Kier molecular flexibility index (Phi) is 4.52. The first kappa shape index (κ1) is 14.3. The van der Waals surface area contributed by atoms with Crippen molar-refractivity contribution >= 4 is 17.3 Å². The standard InChI is InChI=1S/C13H17N3O4/c1-2-14-13(17)11-9-10(16(18)19)3-4-12(11)15-5-7-20-8-6-15/h3-4,9H,2,5-8H2,1H3,(H,14,17). The van der Waals surface area contributed by atoms with Crippen molar-refractivity contribution in [3.8, 4) is 0 Å². The van der Waals surface area contributed by atoms with Gasteiger partial charge >= 0.3 is 0 Å². The average Bonchev–Trinajstić information content (AvgIpc) is 2.47. The summed E-state index contributed by atoms with van der Waals surface area (Å²) < 4.78 is 5.28. The number of carbonyl (C=O) groups is 1. The van der Waals surface area contributed by atoms with Crippen LogP contribution in [0.3, 0.4) is 0 Å². The minimum Gasteiger partial charge on any atom is -0.378 e. The molecule has 1 N–H and O–H groups in total. The summed E-state index contributed by atoms with van der Waals surface area (Å²) in [5, 5.41) is 13.5. The van der Waals surface area contributed by atoms with Gasteiger partial charge in [-0.2, -0.15) is 0 Å². The van der Waals surface area contributed by atoms with Gasteiger partial charge in [-0.1, -0.05) is 0 Å². The van der Waals surface area contributed by atoms with Crippen molar-refractivity contribution in [3.63, 3.8) is 0 Å². The van der Waals surface area contributed by atoms with Gasteiger partial charge in [-0.25, -0.2) is 0 Å². The van der Waals surface area contributed by atoms with Crippen molar-refractivity contribution in [3.05, 3.63) is 33.9 Å². The molecule has 7 nitrogen and oxygen atoms in total. The van der Waals surface area contributed by atoms with Crippen molar-refractivity contribution < 1.29 is 14.5 Å². The predicted octanol–water partition coefficient (Wildman–Crippen LogP) is 1.18. The van der Waals surface area contributed by atoms with Gasteiger partial charge in [0, 0.05) is 31.8 Å². The second kappa shape index (κ2) is 6.33. The zero-order chi connectivity index (χ0) is 14.5. The van der Waals surface area contributed by atoms with E-state index in [-0.39, 0.29) is 11.6 Å². The van der Waals surface area contributed by atoms with Crippen molar-refractivity contribution in [1.29, 1.82) is 0 Å². The molecule has 1 fully saturated rings. The summed E-state index contributed by atoms with van der Waals surface area (Å²) in [6.07, 6.45) is 0. The van der Waals surface area contributed by atoms with Gasteiger partial charge in [0.25, 0.3) is 11.6 Å². The Morgan fingerprint density at radius 1 is 1.45 bits per heavy atom. The Labute approximate surface area is 116 Å². The van der Waals surface area contributed by atoms with E-state index in [1.807, 2.05) is 11.8 Å². The Balaban J connectivity index is 2.38. The average molecular weight is 279 g/mol. The third-order valence-corrected chi connectivity index (χ3v) is 3.12. The maximum Gasteiger partial charge on any atom is 0.270 e. The van der Waals surface area contributed by atoms with Crippen LogP contribution in [-0.4, -0.2) is 43.7 Å². The van der Waals surface area contributed by atoms with Crippen LogP contribution < -0.4 is 10.2 Å². The lowest BCUT2D eigenvalue weighted by Gasteiger charge is -2.30. The summed E-state index contributed by atoms with van der Waals surface area (Å²) in [5.41, 5.74) is 0.969. The number of nitro groups is 1. The smallest absolute Gasteiger partial charge is 0.270 e. The number of non-ortho nitro benzene ring substituents is 1. The van der Waals surface area contributed by atoms with Crippen LogP contribution in [0.4, 0.5) is 11.4 Å². The molecule has 0 bridgehead atoms. The Hall–Kier alpha value is -2.15. The lowest BCUT2D eigenvalue weighted by atomic mass is 10.1. The molecule has 0 atom stereocenters. The van der Waals surface area contributed by atoms with Gasteiger partial charge in [0.15, 0.2) is 0 Å². The number of amides is 1. The van der Waals surface area contributed by atoms with Crippen LogP contribution in [0.25, 0.3) is 0 Å². The van der Waals surface area contributed by atoms with Gasteiger partial charge in [-0.15, -0.1) is 0 Å². The number of rotatable bonds is 4. The van der Waals surface area contributed by atoms with Gasteiger partial charge in [0.05, 0.1) is 29.4 Å². The fourth-order valence-corrected chi connectivity index (χ4v) is 2.16. The lowest BCUT2D eigenvalue weighted by molar-refractivity contribution is -0.384. The van der Waals surface area contributed by atoms with Crippen LogP contribution in [0.1, 0.15) is 17.3 Å². The normalized spacial score (nSPS) is 14.9. The van der Waals surface area contributed by atoms with E-state index in [4.69, 9.17) is 4.74 Å². The van der Waals surface area contributed by atoms with Gasteiger partial charge in [-0.05, 0) is 13.0 Å². The topological polar surface area (TPSA) is 84.7 Å². The molecule has 7 heteroatoms. The Bertz CT molecular complexity index is 512. The predicted molar refractivity (Wildman–Crippen MR) is 74.1 cm³/mol. The van der Waals surface area contributed by atoms with Crippen LogP contribution in [0.15, 0.2) is 18.2 Å². The first-order valence-corrected chi connectivity index (χ1v) is 6.52. The number of morpholine rings is 1. The molecule has 1 aromatic carbocycles. The molecule has 1 aromatic rings. The highest BCUT2D eigenvalue weighted by Crippen LogP contribution is 2.26. The Morgan fingerprint density at radius 2 is 2.15 bits per heavy atom. The number of benzene rings is 1. The van der Waals surface area contributed by atoms with Crippen molar-refractivity contribution in [2.45, 2.75) is 6.92 Å². The molecule has 0 saturated carbocycles. The molecule has 0 radical (unpaired) electrons. The molecule has 0 spiro atoms. The number of nitrogens with zero attached hydrogens (tertiary/aromatic N) is 2. The first-order chi connectivity index (χ1) is 9.63. The van der Waals surface area contributed by atoms with Crippen molar-refractivity contribution in [2.75, 3.05) is 37.7 Å². The maximum atomic E-state index is 12.1. The van der Waals surface area contributed by atoms with Gasteiger partial charge in [-0.3, -0.25) is 14.9 Å². The summed E-state index contributed by atoms with van der Waals surface area (Å²) in [6, 6.07) is 4.39. The van der Waals surface area contributed by atoms with E-state index in [1.165, 1.54) is 12.1 Å². The minimum absolute atomic E-state index is 0.0803. The number of anilines is 1. The quantitative estimate of drug-likeness (QED) is 0.661. The molecular weight excluding hydrogens is 262 g/mol. The molecule has 2 rings (SSSR count). The first-order valence-electron chi connectivity index (χ1n) is 6.52. The van der Waals surface area contributed by atoms with Crippen LogP contribution in [0.2, 0.25) is 0 Å². The number of hydrogen-bond donors (Lipinski definition) is 1. The molecule has 1 aliphatic rings. The summed E-state index contributed by atoms with van der Waals surface area (Å²) in [7, 11) is 0. The van der Waals surface area contributed by atoms with E-state index in [9.17, 15) is 14.9 Å². The molecule has 0 aromatic heterocycles. The van der Waals surface area contributed by atoms with Gasteiger partial charge in [0.2, 0.25) is 0 Å². The number of ether oxygens (including phenoxy) is 1. The number of carbonyl (C=O) groups excluding carboxylic acids is 1. The highest BCUT2D eigenvalue weighted by atomic mass is 16.6. The maximum absolute atomic E-state index is 12.1. The van der Waals surface area contributed by atoms with Crippen LogP contribution in [0, 0.1) is 10.1 Å². The highest BCUT2D eigenvalue weighted by Gasteiger charge is 2.21. The summed E-state index contributed by atoms with van der Waals surface area (Å²) in [5.74, 6) is -0.294. The second-order valence-corrected chi connectivity index (χ2v) is 4.42. The van der Waals surface area contributed by atoms with Crippen molar-refractivity contribution in [1.82, 2.24) is 5.32 Å². The van der Waals surface area contributed by atoms with Crippen LogP contribution >= 0.6 is 0 Å². The highest BCUT2D eigenvalue weighted by molar-refractivity contribution is 6.00. The van der Waals surface area contributed by atoms with Crippen molar-refractivity contribution in [2.24, 2.45) is 0 Å². The molecule has 20 heavy (non-hydrogen) atoms. The molecule has 108 valence electrons. The van der Waals surface area contributed by atoms with Gasteiger partial charge in [0.1, 0.15) is 0 Å². The number of nitro benzene ring substituents is 1. The largest absolute Gasteiger partial charge is 0.378 e. The lowest BCUT2D eigenvalue weighted by Crippen LogP contribution is -2.38. The fraction of sp³-hybridized carbons (Fsp3) is 0.462. The zero-order valence-electron chi connectivity index (χ0n) is 11.3. The van der Waals surface area contributed by atoms with E-state index in [0.717, 1.165) is 0 Å². The van der Waals surface area contributed by atoms with Crippen LogP contribution in [-0.2, 0) is 4.74 Å². The van der Waals surface area contributed by atoms with E-state index in [1.54, 1.807) is 6.07 Å². The molecule has 1 amide bonds. The SMILES string of the molecule is CCNC(=O)c1cc([N+](=O)[O-])ccc1N1CCOCC1. The zero-order valence-corrected chi connectivity index (χ0v) is 11.3. The molecule has 1 heterocycles. The van der Waals surface area contributed by atoms with Gasteiger partial charge < -0.3 is 15.0 Å². The Morgan fingerprint density at radius 3 is 2.75 bits per heavy atom. The molecule has 0 aliphatic carbocycles. The fourth-order valence-electron chi connectivity index (χ4n) is 2.16.